The van der Waals surface area contributed by atoms with Gasteiger partial charge in [0.15, 0.2) is 5.75 Å². The lowest BCUT2D eigenvalue weighted by atomic mass is 10.2. The highest BCUT2D eigenvalue weighted by atomic mass is 35.5. The van der Waals surface area contributed by atoms with Gasteiger partial charge in [0.25, 0.3) is 0 Å². The van der Waals surface area contributed by atoms with Crippen LogP contribution in [0.1, 0.15) is 5.56 Å². The molecule has 0 radical (unpaired) electrons. The Labute approximate surface area is 121 Å². The predicted octanol–water partition coefficient (Wildman–Crippen LogP) is 4.07. The minimum Gasteiger partial charge on any atom is -0.377 e. The molecule has 0 atom stereocenters. The Morgan fingerprint density at radius 1 is 1.05 bits per heavy atom. The number of halogens is 2. The molecule has 0 N–H and O–H groups in total. The topological polar surface area (TPSA) is 43.4 Å². The summed E-state index contributed by atoms with van der Waals surface area (Å²) < 4.78 is 29.2. The first-order chi connectivity index (χ1) is 8.88. The van der Waals surface area contributed by atoms with E-state index in [2.05, 4.69) is 0 Å². The van der Waals surface area contributed by atoms with E-state index < -0.39 is 10.1 Å². The molecule has 0 aromatic heterocycles. The van der Waals surface area contributed by atoms with Gasteiger partial charge in [-0.15, -0.1) is 0 Å². The highest BCUT2D eigenvalue weighted by Gasteiger charge is 2.18. The second kappa shape index (κ2) is 5.41. The van der Waals surface area contributed by atoms with E-state index in [0.29, 0.717) is 5.02 Å². The van der Waals surface area contributed by atoms with Crippen molar-refractivity contribution in [2.75, 3.05) is 0 Å². The van der Waals surface area contributed by atoms with Crippen molar-refractivity contribution < 1.29 is 12.6 Å². The molecular weight excluding hydrogens is 307 g/mol. The van der Waals surface area contributed by atoms with Crippen molar-refractivity contribution >= 4 is 33.3 Å². The van der Waals surface area contributed by atoms with Gasteiger partial charge in [-0.1, -0.05) is 35.3 Å². The third-order valence-corrected chi connectivity index (χ3v) is 4.15. The normalized spacial score (nSPS) is 11.3. The quantitative estimate of drug-likeness (QED) is 0.802. The van der Waals surface area contributed by atoms with Crippen molar-refractivity contribution in [1.29, 1.82) is 0 Å². The van der Waals surface area contributed by atoms with Crippen molar-refractivity contribution in [1.82, 2.24) is 0 Å². The first-order valence-corrected chi connectivity index (χ1v) is 7.51. The summed E-state index contributed by atoms with van der Waals surface area (Å²) in [5.41, 5.74) is 0.848. The van der Waals surface area contributed by atoms with Gasteiger partial charge in [-0.05, 0) is 42.8 Å². The molecule has 0 fully saturated rings. The van der Waals surface area contributed by atoms with Crippen molar-refractivity contribution in [3.05, 3.63) is 58.1 Å². The minimum atomic E-state index is -3.94. The first kappa shape index (κ1) is 14.2. The van der Waals surface area contributed by atoms with Gasteiger partial charge in [-0.3, -0.25) is 0 Å². The molecule has 0 heterocycles. The van der Waals surface area contributed by atoms with Gasteiger partial charge in [0, 0.05) is 5.02 Å². The lowest BCUT2D eigenvalue weighted by molar-refractivity contribution is 0.486. The van der Waals surface area contributed by atoms with E-state index in [-0.39, 0.29) is 15.7 Å². The molecular formula is C13H10Cl2O3S. The van der Waals surface area contributed by atoms with Crippen molar-refractivity contribution in [3.63, 3.8) is 0 Å². The van der Waals surface area contributed by atoms with E-state index in [4.69, 9.17) is 27.4 Å². The van der Waals surface area contributed by atoms with Gasteiger partial charge in [0.2, 0.25) is 0 Å². The zero-order chi connectivity index (χ0) is 14.0. The van der Waals surface area contributed by atoms with Crippen LogP contribution < -0.4 is 4.18 Å². The Morgan fingerprint density at radius 2 is 1.79 bits per heavy atom. The first-order valence-electron chi connectivity index (χ1n) is 5.35. The van der Waals surface area contributed by atoms with Gasteiger partial charge in [0.1, 0.15) is 4.90 Å². The largest absolute Gasteiger partial charge is 0.377 e. The highest BCUT2D eigenvalue weighted by molar-refractivity contribution is 7.87. The minimum absolute atomic E-state index is 0.0161. The van der Waals surface area contributed by atoms with Crippen LogP contribution in [0.5, 0.6) is 5.75 Å². The lowest BCUT2D eigenvalue weighted by Crippen LogP contribution is -2.10. The Morgan fingerprint density at radius 3 is 2.47 bits per heavy atom. The number of hydrogen-bond donors (Lipinski definition) is 0. The van der Waals surface area contributed by atoms with E-state index >= 15 is 0 Å². The van der Waals surface area contributed by atoms with Crippen molar-refractivity contribution in [2.45, 2.75) is 11.8 Å². The molecule has 0 amide bonds. The predicted molar refractivity (Wildman–Crippen MR) is 75.5 cm³/mol. The van der Waals surface area contributed by atoms with Crippen LogP contribution in [-0.4, -0.2) is 8.42 Å². The summed E-state index contributed by atoms with van der Waals surface area (Å²) in [6, 6.07) is 10.8. The summed E-state index contributed by atoms with van der Waals surface area (Å²) in [7, 11) is -3.94. The highest BCUT2D eigenvalue weighted by Crippen LogP contribution is 2.28. The zero-order valence-corrected chi connectivity index (χ0v) is 12.3. The Bertz CT molecular complexity index is 712. The fraction of sp³-hybridized carbons (Fsp3) is 0.0769. The van der Waals surface area contributed by atoms with E-state index in [1.54, 1.807) is 24.3 Å². The maximum absolute atomic E-state index is 12.1. The number of rotatable bonds is 3. The second-order valence-electron chi connectivity index (χ2n) is 3.93. The van der Waals surface area contributed by atoms with Crippen LogP contribution in [0.15, 0.2) is 47.4 Å². The standard InChI is InChI=1S/C13H10Cl2O3S/c1-9-5-6-12(15)13(7-9)18-19(16,17)11-4-2-3-10(14)8-11/h2-8H,1H3. The fourth-order valence-corrected chi connectivity index (χ4v) is 2.91. The average Bonchev–Trinajstić information content (AvgIpc) is 2.33. The smallest absolute Gasteiger partial charge is 0.339 e. The van der Waals surface area contributed by atoms with Gasteiger partial charge in [0.05, 0.1) is 5.02 Å². The van der Waals surface area contributed by atoms with E-state index in [0.717, 1.165) is 5.56 Å². The third kappa shape index (κ3) is 3.41. The molecule has 0 saturated carbocycles. The molecule has 0 saturated heterocycles. The average molecular weight is 317 g/mol. The SMILES string of the molecule is Cc1ccc(Cl)c(OS(=O)(=O)c2cccc(Cl)c2)c1. The van der Waals surface area contributed by atoms with Crippen molar-refractivity contribution in [3.8, 4) is 5.75 Å². The molecule has 0 bridgehead atoms. The molecule has 0 aliphatic rings. The maximum Gasteiger partial charge on any atom is 0.339 e. The van der Waals surface area contributed by atoms with Gasteiger partial charge in [-0.2, -0.15) is 8.42 Å². The number of hydrogen-bond acceptors (Lipinski definition) is 3. The molecule has 0 aliphatic carbocycles. The summed E-state index contributed by atoms with van der Waals surface area (Å²) in [6.45, 7) is 1.81. The van der Waals surface area contributed by atoms with E-state index in [1.165, 1.54) is 18.2 Å². The van der Waals surface area contributed by atoms with Crippen LogP contribution in [0.25, 0.3) is 0 Å². The van der Waals surface area contributed by atoms with E-state index in [9.17, 15) is 8.42 Å². The summed E-state index contributed by atoms with van der Waals surface area (Å²) in [5, 5.41) is 0.552. The molecule has 0 spiro atoms. The molecule has 0 aliphatic heterocycles. The summed E-state index contributed by atoms with van der Waals surface area (Å²) >= 11 is 11.7. The van der Waals surface area contributed by atoms with Crippen LogP contribution in [0.2, 0.25) is 10.0 Å². The zero-order valence-electron chi connectivity index (χ0n) is 9.93. The van der Waals surface area contributed by atoms with Crippen molar-refractivity contribution in [2.24, 2.45) is 0 Å². The lowest BCUT2D eigenvalue weighted by Gasteiger charge is -2.09. The van der Waals surface area contributed by atoms with Gasteiger partial charge >= 0.3 is 10.1 Å². The van der Waals surface area contributed by atoms with Crippen LogP contribution in [0, 0.1) is 6.92 Å². The molecule has 3 nitrogen and oxygen atoms in total. The Kier molecular flexibility index (Phi) is 4.04. The molecule has 2 rings (SSSR count). The Balaban J connectivity index is 2.39. The van der Waals surface area contributed by atoms with Gasteiger partial charge in [-0.25, -0.2) is 0 Å². The summed E-state index contributed by atoms with van der Waals surface area (Å²) in [5.74, 6) is 0.0987. The Hall–Kier alpha value is -1.23. The van der Waals surface area contributed by atoms with Crippen LogP contribution >= 0.6 is 23.2 Å². The molecule has 2 aromatic rings. The third-order valence-electron chi connectivity index (χ3n) is 2.37. The monoisotopic (exact) mass is 316 g/mol. The number of benzene rings is 2. The van der Waals surface area contributed by atoms with Gasteiger partial charge < -0.3 is 4.18 Å². The number of aryl methyl sites for hydroxylation is 1. The van der Waals surface area contributed by atoms with E-state index in [1.807, 2.05) is 6.92 Å². The molecule has 0 unspecified atom stereocenters. The molecule has 19 heavy (non-hydrogen) atoms. The van der Waals surface area contributed by atoms with Crippen LogP contribution in [0.4, 0.5) is 0 Å². The molecule has 6 heteroatoms. The fourth-order valence-electron chi connectivity index (χ4n) is 1.46. The summed E-state index contributed by atoms with van der Waals surface area (Å²) in [6.07, 6.45) is 0. The van der Waals surface area contributed by atoms with Crippen LogP contribution in [-0.2, 0) is 10.1 Å². The molecule has 2 aromatic carbocycles. The molecule has 100 valence electrons. The second-order valence-corrected chi connectivity index (χ2v) is 6.32. The van der Waals surface area contributed by atoms with Crippen LogP contribution in [0.3, 0.4) is 0 Å². The maximum atomic E-state index is 12.1. The summed E-state index contributed by atoms with van der Waals surface area (Å²) in [4.78, 5) is -0.0161.